The van der Waals surface area contributed by atoms with Crippen LogP contribution in [-0.4, -0.2) is 14.5 Å². The molecule has 9 aromatic rings. The third-order valence-corrected chi connectivity index (χ3v) is 9.24. The molecule has 9 rings (SSSR count). The van der Waals surface area contributed by atoms with E-state index in [9.17, 15) is 0 Å². The second-order valence-corrected chi connectivity index (χ2v) is 11.7. The van der Waals surface area contributed by atoms with E-state index >= 15 is 0 Å². The van der Waals surface area contributed by atoms with E-state index < -0.39 is 0 Å². The number of nitrogens with zero attached hydrogens (tertiary/aromatic N) is 3. The van der Waals surface area contributed by atoms with E-state index in [4.69, 9.17) is 9.97 Å². The van der Waals surface area contributed by atoms with Crippen molar-refractivity contribution >= 4 is 64.2 Å². The molecule has 0 fully saturated rings. The summed E-state index contributed by atoms with van der Waals surface area (Å²) in [5.41, 5.74) is 6.62. The lowest BCUT2D eigenvalue weighted by Gasteiger charge is -2.10. The molecular formula is C38H23N3S. The zero-order chi connectivity index (χ0) is 27.6. The monoisotopic (exact) mass is 553 g/mol. The molecule has 42 heavy (non-hydrogen) atoms. The first-order chi connectivity index (χ1) is 20.8. The molecule has 0 radical (unpaired) electrons. The van der Waals surface area contributed by atoms with Crippen molar-refractivity contribution in [3.63, 3.8) is 0 Å². The highest BCUT2D eigenvalue weighted by atomic mass is 32.1. The molecular weight excluding hydrogens is 531 g/mol. The van der Waals surface area contributed by atoms with Gasteiger partial charge in [-0.15, -0.1) is 11.3 Å². The molecule has 6 aromatic carbocycles. The van der Waals surface area contributed by atoms with Crippen LogP contribution in [0.5, 0.6) is 0 Å². The second kappa shape index (κ2) is 9.10. The fourth-order valence-corrected chi connectivity index (χ4v) is 7.37. The van der Waals surface area contributed by atoms with Crippen molar-refractivity contribution < 1.29 is 0 Å². The molecule has 0 spiro atoms. The van der Waals surface area contributed by atoms with Gasteiger partial charge in [-0.2, -0.15) is 0 Å². The molecule has 0 saturated carbocycles. The molecule has 3 aromatic heterocycles. The summed E-state index contributed by atoms with van der Waals surface area (Å²) in [4.78, 5) is 11.4. The third kappa shape index (κ3) is 3.52. The third-order valence-electron chi connectivity index (χ3n) is 8.19. The van der Waals surface area contributed by atoms with Crippen molar-refractivity contribution in [1.82, 2.24) is 14.5 Å². The highest BCUT2D eigenvalue weighted by molar-refractivity contribution is 7.25. The molecule has 196 valence electrons. The lowest BCUT2D eigenvalue weighted by molar-refractivity contribution is 1.18. The molecule has 3 nitrogen and oxygen atoms in total. The summed E-state index contributed by atoms with van der Waals surface area (Å²) >= 11 is 1.75. The Balaban J connectivity index is 1.37. The maximum Gasteiger partial charge on any atom is 0.161 e. The molecule has 3 heterocycles. The van der Waals surface area contributed by atoms with Gasteiger partial charge in [-0.05, 0) is 53.2 Å². The molecule has 0 bridgehead atoms. The van der Waals surface area contributed by atoms with Gasteiger partial charge in [0.1, 0.15) is 4.83 Å². The van der Waals surface area contributed by atoms with E-state index in [1.807, 2.05) is 18.2 Å². The highest BCUT2D eigenvalue weighted by Gasteiger charge is 2.19. The average Bonchev–Trinajstić information content (AvgIpc) is 3.58. The van der Waals surface area contributed by atoms with E-state index in [-0.39, 0.29) is 0 Å². The number of fused-ring (bicyclic) bond motifs is 7. The van der Waals surface area contributed by atoms with Crippen LogP contribution in [-0.2, 0) is 0 Å². The number of rotatable bonds is 3. The minimum absolute atomic E-state index is 0.751. The molecule has 0 aliphatic carbocycles. The maximum atomic E-state index is 5.28. The number of hydrogen-bond acceptors (Lipinski definition) is 3. The Kier molecular flexibility index (Phi) is 5.07. The Labute approximate surface area is 246 Å². The summed E-state index contributed by atoms with van der Waals surface area (Å²) in [5.74, 6) is 0.751. The van der Waals surface area contributed by atoms with Crippen molar-refractivity contribution in [2.45, 2.75) is 0 Å². The van der Waals surface area contributed by atoms with Crippen LogP contribution in [0.1, 0.15) is 0 Å². The largest absolute Gasteiger partial charge is 0.309 e. The van der Waals surface area contributed by atoms with Crippen LogP contribution in [0.15, 0.2) is 140 Å². The van der Waals surface area contributed by atoms with Gasteiger partial charge < -0.3 is 4.57 Å². The van der Waals surface area contributed by atoms with Crippen molar-refractivity contribution in [1.29, 1.82) is 0 Å². The Bertz CT molecular complexity index is 2460. The van der Waals surface area contributed by atoms with Crippen LogP contribution >= 0.6 is 11.3 Å². The molecule has 4 heteroatoms. The molecule has 0 saturated heterocycles. The van der Waals surface area contributed by atoms with Gasteiger partial charge in [-0.1, -0.05) is 97.1 Å². The normalized spacial score (nSPS) is 11.8. The van der Waals surface area contributed by atoms with Crippen LogP contribution in [0.4, 0.5) is 0 Å². The van der Waals surface area contributed by atoms with Crippen LogP contribution in [0, 0.1) is 0 Å². The van der Waals surface area contributed by atoms with Crippen molar-refractivity contribution in [3.8, 4) is 28.3 Å². The van der Waals surface area contributed by atoms with Crippen molar-refractivity contribution in [3.05, 3.63) is 140 Å². The van der Waals surface area contributed by atoms with E-state index in [1.165, 1.54) is 42.7 Å². The van der Waals surface area contributed by atoms with Crippen molar-refractivity contribution in [2.75, 3.05) is 0 Å². The summed E-state index contributed by atoms with van der Waals surface area (Å²) < 4.78 is 3.58. The zero-order valence-electron chi connectivity index (χ0n) is 22.5. The number of benzene rings is 6. The summed E-state index contributed by atoms with van der Waals surface area (Å²) in [6.45, 7) is 0. The van der Waals surface area contributed by atoms with Gasteiger partial charge in [-0.25, -0.2) is 9.97 Å². The standard InChI is InChI=1S/C38H23N3S/c1-3-11-24(12-4-1)37-39-36(35-31-21-25-13-7-8-14-26(25)23-34(31)42-38(35)40-37)27-19-20-33-30(22-27)29-17-9-10-18-32(29)41(33)28-15-5-2-6-16-28/h1-23H. The van der Waals surface area contributed by atoms with Crippen LogP contribution in [0.2, 0.25) is 0 Å². The maximum absolute atomic E-state index is 5.28. The van der Waals surface area contributed by atoms with Gasteiger partial charge in [0.15, 0.2) is 5.82 Å². The molecule has 0 atom stereocenters. The Morgan fingerprint density at radius 2 is 1.19 bits per heavy atom. The van der Waals surface area contributed by atoms with Gasteiger partial charge in [0, 0.05) is 43.1 Å². The summed E-state index contributed by atoms with van der Waals surface area (Å²) in [6, 6.07) is 49.5. The SMILES string of the molecule is c1ccc(-c2nc(-c3ccc4c(c3)c3ccccc3n4-c3ccccc3)c3c(n2)sc2cc4ccccc4cc23)cc1. The molecule has 0 aliphatic heterocycles. The molecule has 0 amide bonds. The smallest absolute Gasteiger partial charge is 0.161 e. The predicted molar refractivity (Wildman–Crippen MR) is 178 cm³/mol. The summed E-state index contributed by atoms with van der Waals surface area (Å²) in [6.07, 6.45) is 0. The number of para-hydroxylation sites is 2. The summed E-state index contributed by atoms with van der Waals surface area (Å²) in [7, 11) is 0. The van der Waals surface area contributed by atoms with Gasteiger partial charge in [0.05, 0.1) is 16.7 Å². The zero-order valence-corrected chi connectivity index (χ0v) is 23.3. The summed E-state index contributed by atoms with van der Waals surface area (Å²) in [5, 5.41) is 7.23. The van der Waals surface area contributed by atoms with Crippen LogP contribution in [0.3, 0.4) is 0 Å². The first-order valence-corrected chi connectivity index (χ1v) is 14.9. The lowest BCUT2D eigenvalue weighted by Crippen LogP contribution is -1.94. The average molecular weight is 554 g/mol. The highest BCUT2D eigenvalue weighted by Crippen LogP contribution is 2.42. The van der Waals surface area contributed by atoms with E-state index in [2.05, 4.69) is 126 Å². The number of aromatic nitrogens is 3. The Morgan fingerprint density at radius 1 is 0.500 bits per heavy atom. The van der Waals surface area contributed by atoms with Crippen LogP contribution in [0.25, 0.3) is 81.2 Å². The van der Waals surface area contributed by atoms with E-state index in [0.29, 0.717) is 0 Å². The molecule has 0 aliphatic rings. The minimum atomic E-state index is 0.751. The quantitative estimate of drug-likeness (QED) is 0.218. The van der Waals surface area contributed by atoms with Crippen molar-refractivity contribution in [2.24, 2.45) is 0 Å². The Morgan fingerprint density at radius 3 is 2.02 bits per heavy atom. The number of thiophene rings is 1. The van der Waals surface area contributed by atoms with Gasteiger partial charge >= 0.3 is 0 Å². The molecule has 0 unspecified atom stereocenters. The topological polar surface area (TPSA) is 30.7 Å². The first kappa shape index (κ1) is 23.4. The van der Waals surface area contributed by atoms with Gasteiger partial charge in [0.25, 0.3) is 0 Å². The fourth-order valence-electron chi connectivity index (χ4n) is 6.26. The Hall–Kier alpha value is -5.32. The second-order valence-electron chi connectivity index (χ2n) is 10.7. The predicted octanol–water partition coefficient (Wildman–Crippen LogP) is 10.4. The fraction of sp³-hybridized carbons (Fsp3) is 0. The van der Waals surface area contributed by atoms with E-state index in [0.717, 1.165) is 38.5 Å². The first-order valence-electron chi connectivity index (χ1n) is 14.1. The lowest BCUT2D eigenvalue weighted by atomic mass is 10.0. The van der Waals surface area contributed by atoms with Gasteiger partial charge in [0.2, 0.25) is 0 Å². The van der Waals surface area contributed by atoms with E-state index in [1.54, 1.807) is 11.3 Å². The molecule has 0 N–H and O–H groups in total. The number of hydrogen-bond donors (Lipinski definition) is 0. The minimum Gasteiger partial charge on any atom is -0.309 e. The van der Waals surface area contributed by atoms with Crippen LogP contribution < -0.4 is 0 Å². The van der Waals surface area contributed by atoms with Gasteiger partial charge in [-0.3, -0.25) is 0 Å².